The van der Waals surface area contributed by atoms with E-state index in [-0.39, 0.29) is 10.5 Å². The zero-order valence-electron chi connectivity index (χ0n) is 9.09. The molecule has 0 amide bonds. The summed E-state index contributed by atoms with van der Waals surface area (Å²) in [4.78, 5) is 11.7. The molecular weight excluding hydrogens is 317 g/mol. The summed E-state index contributed by atoms with van der Waals surface area (Å²) >= 11 is 3.00. The van der Waals surface area contributed by atoms with E-state index < -0.39 is 18.3 Å². The van der Waals surface area contributed by atoms with Crippen molar-refractivity contribution in [2.45, 2.75) is 18.8 Å². The molecule has 1 aliphatic heterocycles. The van der Waals surface area contributed by atoms with Crippen LogP contribution in [0.2, 0.25) is 0 Å². The lowest BCUT2D eigenvalue weighted by atomic mass is 10.2. The maximum absolute atomic E-state index is 12.2. The van der Waals surface area contributed by atoms with E-state index in [0.717, 1.165) is 13.1 Å². The molecule has 2 N–H and O–H groups in total. The molecule has 0 aromatic carbocycles. The third kappa shape index (κ3) is 3.02. The van der Waals surface area contributed by atoms with E-state index in [0.29, 0.717) is 10.4 Å². The molecule has 0 bridgehead atoms. The number of hydrogen-bond acceptors (Lipinski definition) is 4. The molecule has 1 aromatic rings. The normalized spacial score (nSPS) is 16.4. The molecule has 1 aliphatic rings. The lowest BCUT2D eigenvalue weighted by Crippen LogP contribution is -2.51. The van der Waals surface area contributed by atoms with Gasteiger partial charge in [-0.05, 0) is 15.9 Å². The first-order valence-electron chi connectivity index (χ1n) is 5.16. The Morgan fingerprint density at radius 1 is 1.56 bits per heavy atom. The van der Waals surface area contributed by atoms with Crippen molar-refractivity contribution in [2.24, 2.45) is 0 Å². The van der Waals surface area contributed by atoms with Gasteiger partial charge >= 0.3 is 6.18 Å². The highest BCUT2D eigenvalue weighted by Gasteiger charge is 2.30. The van der Waals surface area contributed by atoms with Crippen LogP contribution in [-0.2, 0) is 6.54 Å². The van der Waals surface area contributed by atoms with Gasteiger partial charge in [0.2, 0.25) is 0 Å². The van der Waals surface area contributed by atoms with Gasteiger partial charge in [-0.25, -0.2) is 4.68 Å². The van der Waals surface area contributed by atoms with Crippen molar-refractivity contribution in [1.29, 1.82) is 0 Å². The van der Waals surface area contributed by atoms with E-state index in [1.807, 2.05) is 0 Å². The average molecular weight is 327 g/mol. The fraction of sp³-hybridized carbons (Fsp3) is 0.556. The van der Waals surface area contributed by atoms with Gasteiger partial charge in [0.15, 0.2) is 0 Å². The van der Waals surface area contributed by atoms with Crippen molar-refractivity contribution in [3.8, 4) is 0 Å². The van der Waals surface area contributed by atoms with E-state index in [1.54, 1.807) is 0 Å². The Labute approximate surface area is 108 Å². The Kier molecular flexibility index (Phi) is 3.62. The number of nitrogens with zero attached hydrogens (tertiary/aromatic N) is 2. The number of nitrogens with one attached hydrogen (secondary N) is 2. The van der Waals surface area contributed by atoms with Crippen LogP contribution < -0.4 is 16.2 Å². The Balaban J connectivity index is 2.20. The van der Waals surface area contributed by atoms with Crippen LogP contribution in [0, 0.1) is 0 Å². The number of anilines is 1. The first-order chi connectivity index (χ1) is 8.37. The molecule has 0 saturated carbocycles. The summed E-state index contributed by atoms with van der Waals surface area (Å²) < 4.78 is 37.0. The molecule has 2 rings (SSSR count). The maximum atomic E-state index is 12.2. The number of alkyl halides is 3. The molecule has 0 unspecified atom stereocenters. The number of rotatable bonds is 3. The molecule has 5 nitrogen and oxygen atoms in total. The predicted octanol–water partition coefficient (Wildman–Crippen LogP) is 0.952. The first kappa shape index (κ1) is 13.3. The topological polar surface area (TPSA) is 59.0 Å². The van der Waals surface area contributed by atoms with Crippen molar-refractivity contribution in [3.05, 3.63) is 21.0 Å². The van der Waals surface area contributed by atoms with Crippen LogP contribution in [0.3, 0.4) is 0 Å². The smallest absolute Gasteiger partial charge is 0.377 e. The highest BCUT2D eigenvalue weighted by atomic mass is 79.9. The number of halogens is 4. The standard InChI is InChI=1S/C9H10BrF3N4O/c10-7-6(16-5-1-14-2-5)3-15-17(8(7)18)4-9(11,12)13/h3,5,14,16H,1-2,4H2. The molecule has 2 heterocycles. The molecule has 0 radical (unpaired) electrons. The monoisotopic (exact) mass is 326 g/mol. The van der Waals surface area contributed by atoms with E-state index in [1.165, 1.54) is 6.20 Å². The Morgan fingerprint density at radius 3 is 2.72 bits per heavy atom. The summed E-state index contributed by atoms with van der Waals surface area (Å²) in [6, 6.07) is 0.168. The van der Waals surface area contributed by atoms with Crippen molar-refractivity contribution in [2.75, 3.05) is 18.4 Å². The van der Waals surface area contributed by atoms with Crippen LogP contribution >= 0.6 is 15.9 Å². The third-order valence-electron chi connectivity index (χ3n) is 2.46. The molecule has 1 saturated heterocycles. The van der Waals surface area contributed by atoms with E-state index in [2.05, 4.69) is 31.7 Å². The van der Waals surface area contributed by atoms with Crippen LogP contribution in [0.25, 0.3) is 0 Å². The summed E-state index contributed by atoms with van der Waals surface area (Å²) in [5, 5.41) is 9.55. The van der Waals surface area contributed by atoms with Gasteiger partial charge in [0.25, 0.3) is 5.56 Å². The summed E-state index contributed by atoms with van der Waals surface area (Å²) in [6.07, 6.45) is -3.25. The Hall–Kier alpha value is -1.09. The summed E-state index contributed by atoms with van der Waals surface area (Å²) in [7, 11) is 0. The quantitative estimate of drug-likeness (QED) is 0.868. The SMILES string of the molecule is O=c1c(Br)c(NC2CNC2)cnn1CC(F)(F)F. The van der Waals surface area contributed by atoms with Gasteiger partial charge in [0.1, 0.15) is 11.0 Å². The minimum atomic E-state index is -4.47. The van der Waals surface area contributed by atoms with E-state index >= 15 is 0 Å². The van der Waals surface area contributed by atoms with Crippen LogP contribution in [-0.4, -0.2) is 35.1 Å². The summed E-state index contributed by atoms with van der Waals surface area (Å²) in [5.74, 6) is 0. The predicted molar refractivity (Wildman–Crippen MR) is 62.5 cm³/mol. The second kappa shape index (κ2) is 4.88. The molecule has 1 aromatic heterocycles. The lowest BCUT2D eigenvalue weighted by molar-refractivity contribution is -0.143. The lowest BCUT2D eigenvalue weighted by Gasteiger charge is -2.29. The third-order valence-corrected chi connectivity index (χ3v) is 3.22. The number of hydrogen-bond donors (Lipinski definition) is 2. The van der Waals surface area contributed by atoms with E-state index in [9.17, 15) is 18.0 Å². The largest absolute Gasteiger partial charge is 0.408 e. The van der Waals surface area contributed by atoms with Crippen molar-refractivity contribution in [3.63, 3.8) is 0 Å². The Bertz CT molecular complexity index is 498. The second-order valence-electron chi connectivity index (χ2n) is 3.95. The first-order valence-corrected chi connectivity index (χ1v) is 5.96. The maximum Gasteiger partial charge on any atom is 0.408 e. The highest BCUT2D eigenvalue weighted by molar-refractivity contribution is 9.10. The van der Waals surface area contributed by atoms with Gasteiger partial charge < -0.3 is 10.6 Å². The molecule has 0 spiro atoms. The molecule has 0 aliphatic carbocycles. The van der Waals surface area contributed by atoms with Crippen LogP contribution in [0.5, 0.6) is 0 Å². The minimum absolute atomic E-state index is 0.0636. The van der Waals surface area contributed by atoms with Crippen molar-refractivity contribution < 1.29 is 13.2 Å². The molecule has 0 atom stereocenters. The van der Waals surface area contributed by atoms with Gasteiger partial charge in [-0.3, -0.25) is 4.79 Å². The zero-order valence-corrected chi connectivity index (χ0v) is 10.7. The van der Waals surface area contributed by atoms with Gasteiger partial charge in [0, 0.05) is 13.1 Å². The summed E-state index contributed by atoms with van der Waals surface area (Å²) in [5.41, 5.74) is -0.394. The van der Waals surface area contributed by atoms with Gasteiger partial charge in [0.05, 0.1) is 17.9 Å². The number of aromatic nitrogens is 2. The average Bonchev–Trinajstić information content (AvgIpc) is 2.19. The fourth-order valence-corrected chi connectivity index (χ4v) is 1.88. The van der Waals surface area contributed by atoms with Crippen LogP contribution in [0.1, 0.15) is 0 Å². The zero-order chi connectivity index (χ0) is 13.3. The summed E-state index contributed by atoms with van der Waals surface area (Å²) in [6.45, 7) is 0.103. The second-order valence-corrected chi connectivity index (χ2v) is 4.74. The molecule has 1 fully saturated rings. The van der Waals surface area contributed by atoms with Crippen LogP contribution in [0.15, 0.2) is 15.5 Å². The molecule has 100 valence electrons. The molecule has 9 heteroatoms. The van der Waals surface area contributed by atoms with Crippen LogP contribution in [0.4, 0.5) is 18.9 Å². The van der Waals surface area contributed by atoms with Gasteiger partial charge in [-0.2, -0.15) is 18.3 Å². The van der Waals surface area contributed by atoms with Crippen molar-refractivity contribution in [1.82, 2.24) is 15.1 Å². The van der Waals surface area contributed by atoms with Gasteiger partial charge in [-0.15, -0.1) is 0 Å². The molecular formula is C9H10BrF3N4O. The minimum Gasteiger partial charge on any atom is -0.377 e. The van der Waals surface area contributed by atoms with Crippen molar-refractivity contribution >= 4 is 21.6 Å². The Morgan fingerprint density at radius 2 is 2.22 bits per heavy atom. The molecule has 18 heavy (non-hydrogen) atoms. The van der Waals surface area contributed by atoms with Gasteiger partial charge in [-0.1, -0.05) is 0 Å². The fourth-order valence-electron chi connectivity index (χ4n) is 1.46. The van der Waals surface area contributed by atoms with E-state index in [4.69, 9.17) is 0 Å². The highest BCUT2D eigenvalue weighted by Crippen LogP contribution is 2.20.